The third-order valence-corrected chi connectivity index (χ3v) is 2.20. The third kappa shape index (κ3) is 3.06. The van der Waals surface area contributed by atoms with Gasteiger partial charge in [0.15, 0.2) is 0 Å². The lowest BCUT2D eigenvalue weighted by atomic mass is 10.1. The molecule has 84 valence electrons. The minimum absolute atomic E-state index is 0.187. The number of aryl methyl sites for hydroxylation is 1. The molecule has 0 aliphatic rings. The molecule has 1 unspecified atom stereocenters. The molecule has 0 aliphatic carbocycles. The maximum absolute atomic E-state index is 10.8. The van der Waals surface area contributed by atoms with Crippen LogP contribution in [0.4, 0.5) is 0 Å². The van der Waals surface area contributed by atoms with Crippen LogP contribution in [0.5, 0.6) is 0 Å². The van der Waals surface area contributed by atoms with E-state index >= 15 is 0 Å². The van der Waals surface area contributed by atoms with Crippen molar-refractivity contribution in [2.24, 2.45) is 5.73 Å². The highest BCUT2D eigenvalue weighted by atomic mass is 16.4. The van der Waals surface area contributed by atoms with Gasteiger partial charge in [-0.05, 0) is 18.9 Å². The molecule has 3 N–H and O–H groups in total. The smallest absolute Gasteiger partial charge is 0.325 e. The van der Waals surface area contributed by atoms with Gasteiger partial charge in [-0.3, -0.25) is 9.48 Å². The van der Waals surface area contributed by atoms with Crippen molar-refractivity contribution in [1.82, 2.24) is 9.78 Å². The maximum Gasteiger partial charge on any atom is 0.325 e. The van der Waals surface area contributed by atoms with Crippen LogP contribution < -0.4 is 5.73 Å². The van der Waals surface area contributed by atoms with Gasteiger partial charge in [-0.2, -0.15) is 5.10 Å². The number of carboxylic acid groups (broad SMARTS) is 1. The van der Waals surface area contributed by atoms with E-state index in [1.54, 1.807) is 10.9 Å². The molecule has 1 atom stereocenters. The molecule has 5 heteroatoms. The molecule has 1 aromatic rings. The average Bonchev–Trinajstić information content (AvgIpc) is 2.52. The number of carboxylic acids is 1. The number of hydrogen-bond donors (Lipinski definition) is 2. The van der Waals surface area contributed by atoms with Crippen LogP contribution in [0.3, 0.4) is 0 Å². The fourth-order valence-electron chi connectivity index (χ4n) is 1.31. The van der Waals surface area contributed by atoms with Gasteiger partial charge in [-0.1, -0.05) is 13.3 Å². The Bertz CT molecular complexity index is 344. The fraction of sp³-hybridized carbons (Fsp3) is 0.600. The topological polar surface area (TPSA) is 81.1 Å². The van der Waals surface area contributed by atoms with E-state index in [9.17, 15) is 4.79 Å². The first-order valence-corrected chi connectivity index (χ1v) is 4.99. The van der Waals surface area contributed by atoms with Crippen molar-refractivity contribution < 1.29 is 9.90 Å². The minimum Gasteiger partial charge on any atom is -0.480 e. The third-order valence-electron chi connectivity index (χ3n) is 2.20. The molecule has 0 bridgehead atoms. The number of rotatable bonds is 5. The summed E-state index contributed by atoms with van der Waals surface area (Å²) >= 11 is 0. The normalized spacial score (nSPS) is 14.9. The number of aromatic nitrogens is 2. The standard InChI is InChI=1S/C10H17N3O2/c1-3-4-8-5-12-13(6-8)7-10(2,11)9(14)15/h5-6H,3-4,7,11H2,1-2H3,(H,14,15). The lowest BCUT2D eigenvalue weighted by Crippen LogP contribution is -2.48. The highest BCUT2D eigenvalue weighted by molar-refractivity contribution is 5.77. The summed E-state index contributed by atoms with van der Waals surface area (Å²) in [6.45, 7) is 3.75. The molecule has 0 saturated carbocycles. The molecule has 0 spiro atoms. The van der Waals surface area contributed by atoms with E-state index in [-0.39, 0.29) is 6.54 Å². The fourth-order valence-corrected chi connectivity index (χ4v) is 1.31. The Balaban J connectivity index is 2.68. The summed E-state index contributed by atoms with van der Waals surface area (Å²) < 4.78 is 1.58. The summed E-state index contributed by atoms with van der Waals surface area (Å²) in [5.74, 6) is -1.02. The summed E-state index contributed by atoms with van der Waals surface area (Å²) in [7, 11) is 0. The van der Waals surface area contributed by atoms with E-state index in [4.69, 9.17) is 10.8 Å². The van der Waals surface area contributed by atoms with Gasteiger partial charge >= 0.3 is 5.97 Å². The Kier molecular flexibility index (Phi) is 3.47. The summed E-state index contributed by atoms with van der Waals surface area (Å²) in [5.41, 5.74) is 5.46. The van der Waals surface area contributed by atoms with Crippen molar-refractivity contribution in [3.8, 4) is 0 Å². The van der Waals surface area contributed by atoms with Crippen LogP contribution in [-0.4, -0.2) is 26.4 Å². The number of carbonyl (C=O) groups is 1. The molecule has 0 saturated heterocycles. The highest BCUT2D eigenvalue weighted by Crippen LogP contribution is 2.06. The second-order valence-electron chi connectivity index (χ2n) is 4.02. The largest absolute Gasteiger partial charge is 0.480 e. The lowest BCUT2D eigenvalue weighted by Gasteiger charge is -2.18. The van der Waals surface area contributed by atoms with Gasteiger partial charge in [0.05, 0.1) is 12.7 Å². The molecule has 15 heavy (non-hydrogen) atoms. The van der Waals surface area contributed by atoms with Gasteiger partial charge in [-0.25, -0.2) is 0 Å². The second-order valence-corrected chi connectivity index (χ2v) is 4.02. The molecule has 0 amide bonds. The quantitative estimate of drug-likeness (QED) is 0.748. The summed E-state index contributed by atoms with van der Waals surface area (Å²) in [4.78, 5) is 10.8. The van der Waals surface area contributed by atoms with Gasteiger partial charge in [0.25, 0.3) is 0 Å². The maximum atomic E-state index is 10.8. The summed E-state index contributed by atoms with van der Waals surface area (Å²) in [6.07, 6.45) is 5.60. The molecular weight excluding hydrogens is 194 g/mol. The first kappa shape index (κ1) is 11.7. The number of hydrogen-bond acceptors (Lipinski definition) is 3. The van der Waals surface area contributed by atoms with E-state index in [1.807, 2.05) is 6.20 Å². The molecule has 1 aromatic heterocycles. The number of aliphatic carboxylic acids is 1. The van der Waals surface area contributed by atoms with Crippen LogP contribution in [0, 0.1) is 0 Å². The molecule has 0 fully saturated rings. The second kappa shape index (κ2) is 4.44. The first-order chi connectivity index (χ1) is 6.95. The molecule has 0 aromatic carbocycles. The number of nitrogens with two attached hydrogens (primary N) is 1. The van der Waals surface area contributed by atoms with E-state index in [0.29, 0.717) is 0 Å². The Morgan fingerprint density at radius 3 is 2.93 bits per heavy atom. The van der Waals surface area contributed by atoms with E-state index in [2.05, 4.69) is 12.0 Å². The van der Waals surface area contributed by atoms with E-state index < -0.39 is 11.5 Å². The van der Waals surface area contributed by atoms with Crippen molar-refractivity contribution in [1.29, 1.82) is 0 Å². The Morgan fingerprint density at radius 2 is 2.40 bits per heavy atom. The Labute approximate surface area is 88.9 Å². The molecule has 0 radical (unpaired) electrons. The van der Waals surface area contributed by atoms with Crippen molar-refractivity contribution in [2.45, 2.75) is 38.8 Å². The van der Waals surface area contributed by atoms with Gasteiger partial charge < -0.3 is 10.8 Å². The summed E-state index contributed by atoms with van der Waals surface area (Å²) in [5, 5.41) is 12.9. The van der Waals surface area contributed by atoms with Crippen molar-refractivity contribution >= 4 is 5.97 Å². The van der Waals surface area contributed by atoms with Crippen molar-refractivity contribution in [3.05, 3.63) is 18.0 Å². The Morgan fingerprint density at radius 1 is 1.73 bits per heavy atom. The van der Waals surface area contributed by atoms with Gasteiger partial charge in [0, 0.05) is 6.20 Å². The van der Waals surface area contributed by atoms with E-state index in [1.165, 1.54) is 6.92 Å². The zero-order valence-electron chi connectivity index (χ0n) is 9.10. The Hall–Kier alpha value is -1.36. The average molecular weight is 211 g/mol. The number of nitrogens with zero attached hydrogens (tertiary/aromatic N) is 2. The molecule has 1 heterocycles. The monoisotopic (exact) mass is 211 g/mol. The zero-order chi connectivity index (χ0) is 11.5. The zero-order valence-corrected chi connectivity index (χ0v) is 9.10. The molecule has 5 nitrogen and oxygen atoms in total. The van der Waals surface area contributed by atoms with Gasteiger partial charge in [0.1, 0.15) is 5.54 Å². The first-order valence-electron chi connectivity index (χ1n) is 4.99. The van der Waals surface area contributed by atoms with Gasteiger partial charge in [0.2, 0.25) is 0 Å². The molecule has 0 aliphatic heterocycles. The van der Waals surface area contributed by atoms with Gasteiger partial charge in [-0.15, -0.1) is 0 Å². The highest BCUT2D eigenvalue weighted by Gasteiger charge is 2.28. The molecular formula is C10H17N3O2. The van der Waals surface area contributed by atoms with Crippen molar-refractivity contribution in [3.63, 3.8) is 0 Å². The van der Waals surface area contributed by atoms with Crippen LogP contribution in [0.25, 0.3) is 0 Å². The summed E-state index contributed by atoms with van der Waals surface area (Å²) in [6, 6.07) is 0. The molecule has 1 rings (SSSR count). The van der Waals surface area contributed by atoms with Crippen LogP contribution in [0.2, 0.25) is 0 Å². The van der Waals surface area contributed by atoms with Crippen LogP contribution in [0.15, 0.2) is 12.4 Å². The van der Waals surface area contributed by atoms with Crippen molar-refractivity contribution in [2.75, 3.05) is 0 Å². The SMILES string of the molecule is CCCc1cnn(CC(C)(N)C(=O)O)c1. The predicted octanol–water partition coefficient (Wildman–Crippen LogP) is 0.638. The van der Waals surface area contributed by atoms with Crippen LogP contribution in [0.1, 0.15) is 25.8 Å². The minimum atomic E-state index is -1.27. The van der Waals surface area contributed by atoms with Crippen LogP contribution in [-0.2, 0) is 17.8 Å². The van der Waals surface area contributed by atoms with Crippen LogP contribution >= 0.6 is 0 Å². The predicted molar refractivity (Wildman–Crippen MR) is 56.5 cm³/mol. The van der Waals surface area contributed by atoms with E-state index in [0.717, 1.165) is 18.4 Å². The lowest BCUT2D eigenvalue weighted by molar-refractivity contribution is -0.143.